The van der Waals surface area contributed by atoms with Crippen LogP contribution in [-0.4, -0.2) is 26.5 Å². The Balaban J connectivity index is 1.69. The molecule has 0 unspecified atom stereocenters. The van der Waals surface area contributed by atoms with Crippen LogP contribution in [0.2, 0.25) is 0 Å². The number of nitrogens with zero attached hydrogens (tertiary/aromatic N) is 3. The van der Waals surface area contributed by atoms with Gasteiger partial charge in [-0.1, -0.05) is 36.0 Å². The Morgan fingerprint density at radius 3 is 2.74 bits per heavy atom. The van der Waals surface area contributed by atoms with Crippen LogP contribution < -0.4 is 11.2 Å². The highest BCUT2D eigenvalue weighted by atomic mass is 79.9. The largest absolute Gasteiger partial charge is 0.335 e. The van der Waals surface area contributed by atoms with Gasteiger partial charge in [-0.3, -0.25) is 4.79 Å². The van der Waals surface area contributed by atoms with E-state index in [9.17, 15) is 13.6 Å². The standard InChI is InChI=1S/C17H14BrF2N5OS/c1-9-4-2-3-5-11(9)16-23-24-17(25(16)21)27-8-14(26)22-15-12(18)6-10(19)7-13(15)20/h2-7H,8,21H2,1H3,(H,22,26). The minimum Gasteiger partial charge on any atom is -0.335 e. The first-order valence-corrected chi connectivity index (χ1v) is 9.48. The molecule has 0 fully saturated rings. The van der Waals surface area contributed by atoms with Gasteiger partial charge in [0.15, 0.2) is 11.6 Å². The SMILES string of the molecule is Cc1ccccc1-c1nnc(SCC(=O)Nc2c(F)cc(F)cc2Br)n1N. The number of nitrogen functional groups attached to an aromatic ring is 1. The summed E-state index contributed by atoms with van der Waals surface area (Å²) in [6, 6.07) is 9.34. The maximum Gasteiger partial charge on any atom is 0.234 e. The van der Waals surface area contributed by atoms with Crippen molar-refractivity contribution in [2.75, 3.05) is 16.9 Å². The molecule has 1 heterocycles. The summed E-state index contributed by atoms with van der Waals surface area (Å²) in [6.07, 6.45) is 0. The molecule has 0 radical (unpaired) electrons. The maximum absolute atomic E-state index is 13.8. The fourth-order valence-corrected chi connectivity index (χ4v) is 3.51. The number of halogens is 3. The van der Waals surface area contributed by atoms with Gasteiger partial charge in [0, 0.05) is 16.1 Å². The quantitative estimate of drug-likeness (QED) is 0.453. The molecule has 2 aromatic carbocycles. The number of thioether (sulfide) groups is 1. The van der Waals surface area contributed by atoms with Crippen LogP contribution in [-0.2, 0) is 4.79 Å². The number of hydrogen-bond donors (Lipinski definition) is 2. The number of amides is 1. The van der Waals surface area contributed by atoms with Crippen molar-refractivity contribution in [2.45, 2.75) is 12.1 Å². The van der Waals surface area contributed by atoms with Crippen molar-refractivity contribution in [3.8, 4) is 11.4 Å². The summed E-state index contributed by atoms with van der Waals surface area (Å²) < 4.78 is 28.3. The van der Waals surface area contributed by atoms with Crippen molar-refractivity contribution < 1.29 is 13.6 Å². The van der Waals surface area contributed by atoms with Gasteiger partial charge in [-0.2, -0.15) is 0 Å². The molecular weight excluding hydrogens is 440 g/mol. The summed E-state index contributed by atoms with van der Waals surface area (Å²) >= 11 is 4.07. The lowest BCUT2D eigenvalue weighted by atomic mass is 10.1. The van der Waals surface area contributed by atoms with E-state index in [2.05, 4.69) is 31.4 Å². The molecule has 0 saturated carbocycles. The van der Waals surface area contributed by atoms with Crippen LogP contribution in [0.25, 0.3) is 11.4 Å². The molecule has 1 amide bonds. The van der Waals surface area contributed by atoms with Gasteiger partial charge in [-0.15, -0.1) is 10.2 Å². The number of carbonyl (C=O) groups is 1. The third-order valence-electron chi connectivity index (χ3n) is 3.65. The van der Waals surface area contributed by atoms with Gasteiger partial charge in [0.05, 0.1) is 11.4 Å². The van der Waals surface area contributed by atoms with E-state index in [0.717, 1.165) is 29.0 Å². The number of anilines is 1. The van der Waals surface area contributed by atoms with Crippen LogP contribution in [0.3, 0.4) is 0 Å². The zero-order valence-electron chi connectivity index (χ0n) is 14.0. The first kappa shape index (κ1) is 19.3. The first-order valence-electron chi connectivity index (χ1n) is 7.70. The Morgan fingerprint density at radius 2 is 2.04 bits per heavy atom. The number of benzene rings is 2. The molecule has 0 saturated heterocycles. The van der Waals surface area contributed by atoms with Gasteiger partial charge < -0.3 is 11.2 Å². The van der Waals surface area contributed by atoms with E-state index in [0.29, 0.717) is 17.0 Å². The molecule has 3 rings (SSSR count). The minimum atomic E-state index is -0.871. The molecule has 6 nitrogen and oxygen atoms in total. The van der Waals surface area contributed by atoms with Crippen molar-refractivity contribution >= 4 is 39.3 Å². The maximum atomic E-state index is 13.8. The lowest BCUT2D eigenvalue weighted by molar-refractivity contribution is -0.113. The van der Waals surface area contributed by atoms with Gasteiger partial charge in [0.25, 0.3) is 0 Å². The summed E-state index contributed by atoms with van der Waals surface area (Å²) in [4.78, 5) is 12.1. The highest BCUT2D eigenvalue weighted by Crippen LogP contribution is 2.28. The van der Waals surface area contributed by atoms with Crippen LogP contribution in [0.5, 0.6) is 0 Å². The number of rotatable bonds is 5. The van der Waals surface area contributed by atoms with Gasteiger partial charge in [-0.05, 0) is 34.5 Å². The van der Waals surface area contributed by atoms with Crippen LogP contribution in [0.15, 0.2) is 46.0 Å². The number of aromatic nitrogens is 3. The molecule has 0 bridgehead atoms. The van der Waals surface area contributed by atoms with Gasteiger partial charge in [0.2, 0.25) is 11.1 Å². The van der Waals surface area contributed by atoms with E-state index >= 15 is 0 Å². The third-order valence-corrected chi connectivity index (χ3v) is 5.22. The molecular formula is C17H14BrF2N5OS. The Morgan fingerprint density at radius 1 is 1.30 bits per heavy atom. The van der Waals surface area contributed by atoms with Crippen molar-refractivity contribution in [2.24, 2.45) is 0 Å². The topological polar surface area (TPSA) is 85.8 Å². The van der Waals surface area contributed by atoms with E-state index in [-0.39, 0.29) is 15.9 Å². The lowest BCUT2D eigenvalue weighted by Gasteiger charge is -2.09. The number of nitrogens with one attached hydrogen (secondary N) is 1. The normalized spacial score (nSPS) is 10.8. The van der Waals surface area contributed by atoms with Crippen molar-refractivity contribution in [1.29, 1.82) is 0 Å². The molecule has 0 atom stereocenters. The van der Waals surface area contributed by atoms with Crippen molar-refractivity contribution in [3.63, 3.8) is 0 Å². The average molecular weight is 454 g/mol. The van der Waals surface area contributed by atoms with Gasteiger partial charge >= 0.3 is 0 Å². The van der Waals surface area contributed by atoms with E-state index in [1.54, 1.807) is 0 Å². The first-order chi connectivity index (χ1) is 12.9. The number of nitrogens with two attached hydrogens (primary N) is 1. The number of aryl methyl sites for hydroxylation is 1. The monoisotopic (exact) mass is 453 g/mol. The summed E-state index contributed by atoms with van der Waals surface area (Å²) in [5.74, 6) is 4.33. The third kappa shape index (κ3) is 4.28. The second-order valence-corrected chi connectivity index (χ2v) is 7.37. The van der Waals surface area contributed by atoms with Crippen molar-refractivity contribution in [3.05, 3.63) is 58.1 Å². The number of carbonyl (C=O) groups excluding carboxylic acids is 1. The molecule has 10 heteroatoms. The average Bonchev–Trinajstić information content (AvgIpc) is 2.97. The number of hydrogen-bond acceptors (Lipinski definition) is 5. The smallest absolute Gasteiger partial charge is 0.234 e. The summed E-state index contributed by atoms with van der Waals surface area (Å²) in [6.45, 7) is 1.93. The van der Waals surface area contributed by atoms with E-state index < -0.39 is 17.5 Å². The van der Waals surface area contributed by atoms with E-state index in [4.69, 9.17) is 5.84 Å². The fourth-order valence-electron chi connectivity index (χ4n) is 2.35. The summed E-state index contributed by atoms with van der Waals surface area (Å²) in [5.41, 5.74) is 1.69. The van der Waals surface area contributed by atoms with E-state index in [1.165, 1.54) is 4.68 Å². The molecule has 140 valence electrons. The van der Waals surface area contributed by atoms with Crippen molar-refractivity contribution in [1.82, 2.24) is 14.9 Å². The molecule has 27 heavy (non-hydrogen) atoms. The van der Waals surface area contributed by atoms with E-state index in [1.807, 2.05) is 31.2 Å². The summed E-state index contributed by atoms with van der Waals surface area (Å²) in [5, 5.41) is 10.8. The summed E-state index contributed by atoms with van der Waals surface area (Å²) in [7, 11) is 0. The predicted octanol–water partition coefficient (Wildman–Crippen LogP) is 3.74. The second-order valence-electron chi connectivity index (χ2n) is 5.57. The van der Waals surface area contributed by atoms with Crippen LogP contribution in [0, 0.1) is 18.6 Å². The molecule has 1 aromatic heterocycles. The Hall–Kier alpha value is -2.46. The van der Waals surface area contributed by atoms with Crippen LogP contribution in [0.4, 0.5) is 14.5 Å². The zero-order chi connectivity index (χ0) is 19.6. The fraction of sp³-hybridized carbons (Fsp3) is 0.118. The second kappa shape index (κ2) is 8.05. The molecule has 0 aliphatic rings. The Bertz CT molecular complexity index is 988. The van der Waals surface area contributed by atoms with Gasteiger partial charge in [0.1, 0.15) is 5.82 Å². The van der Waals surface area contributed by atoms with Crippen LogP contribution >= 0.6 is 27.7 Å². The molecule has 0 spiro atoms. The zero-order valence-corrected chi connectivity index (χ0v) is 16.4. The molecule has 3 N–H and O–H groups in total. The Kier molecular flexibility index (Phi) is 5.76. The Labute approximate surface area is 166 Å². The minimum absolute atomic E-state index is 0.0770. The lowest BCUT2D eigenvalue weighted by Crippen LogP contribution is -2.17. The molecule has 0 aliphatic heterocycles. The van der Waals surface area contributed by atoms with Crippen LogP contribution in [0.1, 0.15) is 5.56 Å². The highest BCUT2D eigenvalue weighted by Gasteiger charge is 2.17. The predicted molar refractivity (Wildman–Crippen MR) is 104 cm³/mol. The van der Waals surface area contributed by atoms with Gasteiger partial charge in [-0.25, -0.2) is 13.5 Å². The molecule has 3 aromatic rings. The highest BCUT2D eigenvalue weighted by molar-refractivity contribution is 9.10. The molecule has 0 aliphatic carbocycles.